The van der Waals surface area contributed by atoms with Gasteiger partial charge in [0.25, 0.3) is 0 Å². The minimum Gasteiger partial charge on any atom is -0.480 e. The van der Waals surface area contributed by atoms with Crippen molar-refractivity contribution in [3.8, 4) is 0 Å². The molecule has 2 saturated heterocycles. The summed E-state index contributed by atoms with van der Waals surface area (Å²) in [5.74, 6) is -0.587. The number of carbonyl (C=O) groups excluding carboxylic acids is 1. The molecule has 5 heteroatoms. The van der Waals surface area contributed by atoms with E-state index in [-0.39, 0.29) is 18.4 Å². The Hall–Kier alpha value is -1.10. The quantitative estimate of drug-likeness (QED) is 0.776. The zero-order valence-electron chi connectivity index (χ0n) is 10.3. The van der Waals surface area contributed by atoms with Gasteiger partial charge >= 0.3 is 5.97 Å². The number of hydrogen-bond acceptors (Lipinski definition) is 3. The lowest BCUT2D eigenvalue weighted by molar-refractivity contribution is -0.149. The molecule has 1 N–H and O–H groups in total. The fourth-order valence-electron chi connectivity index (χ4n) is 2.69. The summed E-state index contributed by atoms with van der Waals surface area (Å²) >= 11 is 0. The topological polar surface area (TPSA) is 60.9 Å². The van der Waals surface area contributed by atoms with Gasteiger partial charge in [-0.15, -0.1) is 0 Å². The first-order valence-corrected chi connectivity index (χ1v) is 6.34. The summed E-state index contributed by atoms with van der Waals surface area (Å²) in [7, 11) is 0. The van der Waals surface area contributed by atoms with Gasteiger partial charge in [0.1, 0.15) is 6.04 Å². The molecule has 0 saturated carbocycles. The summed E-state index contributed by atoms with van der Waals surface area (Å²) < 4.78 is 0. The largest absolute Gasteiger partial charge is 0.480 e. The molecule has 0 spiro atoms. The van der Waals surface area contributed by atoms with Crippen molar-refractivity contribution in [3.63, 3.8) is 0 Å². The standard InChI is InChI=1S/C12H20N2O3/c1-9-4-2-5-14(11(9)12(16)17)8-10(15)13-6-3-7-13/h9,11H,2-8H2,1H3,(H,16,17). The second-order valence-corrected chi connectivity index (χ2v) is 5.11. The van der Waals surface area contributed by atoms with E-state index in [1.165, 1.54) is 0 Å². The van der Waals surface area contributed by atoms with Gasteiger partial charge in [0.2, 0.25) is 5.91 Å². The van der Waals surface area contributed by atoms with E-state index in [1.807, 2.05) is 11.8 Å². The van der Waals surface area contributed by atoms with Gasteiger partial charge in [-0.3, -0.25) is 14.5 Å². The molecular weight excluding hydrogens is 220 g/mol. The Balaban J connectivity index is 1.96. The maximum atomic E-state index is 11.9. The smallest absolute Gasteiger partial charge is 0.321 e. The van der Waals surface area contributed by atoms with Crippen LogP contribution in [0.3, 0.4) is 0 Å². The van der Waals surface area contributed by atoms with E-state index >= 15 is 0 Å². The van der Waals surface area contributed by atoms with Gasteiger partial charge in [-0.1, -0.05) is 6.92 Å². The van der Waals surface area contributed by atoms with Crippen LogP contribution >= 0.6 is 0 Å². The molecule has 0 aliphatic carbocycles. The molecule has 2 aliphatic heterocycles. The van der Waals surface area contributed by atoms with Crippen molar-refractivity contribution < 1.29 is 14.7 Å². The summed E-state index contributed by atoms with van der Waals surface area (Å²) in [5, 5.41) is 9.24. The van der Waals surface area contributed by atoms with E-state index in [0.29, 0.717) is 0 Å². The predicted molar refractivity (Wildman–Crippen MR) is 62.6 cm³/mol. The Labute approximate surface area is 101 Å². The Morgan fingerprint density at radius 3 is 2.47 bits per heavy atom. The molecule has 5 nitrogen and oxygen atoms in total. The van der Waals surface area contributed by atoms with Crippen LogP contribution in [0.15, 0.2) is 0 Å². The van der Waals surface area contributed by atoms with Crippen molar-refractivity contribution in [1.29, 1.82) is 0 Å². The lowest BCUT2D eigenvalue weighted by Gasteiger charge is -2.39. The van der Waals surface area contributed by atoms with Crippen LogP contribution in [0.5, 0.6) is 0 Å². The molecule has 2 fully saturated rings. The molecule has 0 aromatic rings. The van der Waals surface area contributed by atoms with Crippen LogP contribution in [-0.4, -0.2) is 59.0 Å². The van der Waals surface area contributed by atoms with E-state index in [4.69, 9.17) is 0 Å². The number of carboxylic acid groups (broad SMARTS) is 1. The third kappa shape index (κ3) is 2.60. The fraction of sp³-hybridized carbons (Fsp3) is 0.833. The summed E-state index contributed by atoms with van der Waals surface area (Å²) in [6, 6.07) is -0.492. The normalized spacial score (nSPS) is 29.8. The third-order valence-corrected chi connectivity index (χ3v) is 3.84. The lowest BCUT2D eigenvalue weighted by Crippen LogP contribution is -2.54. The Kier molecular flexibility index (Phi) is 3.66. The highest BCUT2D eigenvalue weighted by Gasteiger charge is 2.36. The summed E-state index contributed by atoms with van der Waals surface area (Å²) in [6.45, 7) is 4.61. The number of carbonyl (C=O) groups is 2. The Morgan fingerprint density at radius 2 is 1.94 bits per heavy atom. The van der Waals surface area contributed by atoms with Crippen molar-refractivity contribution in [3.05, 3.63) is 0 Å². The van der Waals surface area contributed by atoms with Crippen molar-refractivity contribution in [1.82, 2.24) is 9.80 Å². The molecular formula is C12H20N2O3. The number of likely N-dealkylation sites (tertiary alicyclic amines) is 2. The van der Waals surface area contributed by atoms with Crippen LogP contribution in [-0.2, 0) is 9.59 Å². The molecule has 0 aromatic carbocycles. The monoisotopic (exact) mass is 240 g/mol. The fourth-order valence-corrected chi connectivity index (χ4v) is 2.69. The van der Waals surface area contributed by atoms with Gasteiger partial charge in [-0.2, -0.15) is 0 Å². The Morgan fingerprint density at radius 1 is 1.24 bits per heavy atom. The van der Waals surface area contributed by atoms with Crippen molar-refractivity contribution in [2.45, 2.75) is 32.2 Å². The van der Waals surface area contributed by atoms with Crippen molar-refractivity contribution >= 4 is 11.9 Å². The summed E-state index contributed by atoms with van der Waals surface area (Å²) in [6.07, 6.45) is 2.99. The van der Waals surface area contributed by atoms with Gasteiger partial charge in [0.15, 0.2) is 0 Å². The molecule has 2 unspecified atom stereocenters. The first-order valence-electron chi connectivity index (χ1n) is 6.34. The van der Waals surface area contributed by atoms with Crippen LogP contribution in [0, 0.1) is 5.92 Å². The van der Waals surface area contributed by atoms with Gasteiger partial charge in [-0.25, -0.2) is 0 Å². The predicted octanol–water partition coefficient (Wildman–Crippen LogP) is 0.404. The number of piperidine rings is 1. The van der Waals surface area contributed by atoms with Gasteiger partial charge in [0.05, 0.1) is 6.54 Å². The molecule has 0 bridgehead atoms. The molecule has 2 atom stereocenters. The second-order valence-electron chi connectivity index (χ2n) is 5.11. The number of amides is 1. The van der Waals surface area contributed by atoms with Gasteiger partial charge in [-0.05, 0) is 31.7 Å². The molecule has 0 aromatic heterocycles. The number of hydrogen-bond donors (Lipinski definition) is 1. The van der Waals surface area contributed by atoms with E-state index < -0.39 is 12.0 Å². The number of rotatable bonds is 3. The van der Waals surface area contributed by atoms with Crippen LogP contribution in [0.25, 0.3) is 0 Å². The van der Waals surface area contributed by atoms with Gasteiger partial charge in [0, 0.05) is 13.1 Å². The van der Waals surface area contributed by atoms with Gasteiger partial charge < -0.3 is 10.0 Å². The highest BCUT2D eigenvalue weighted by atomic mass is 16.4. The minimum atomic E-state index is -0.798. The first-order chi connectivity index (χ1) is 8.09. The van der Waals surface area contributed by atoms with Crippen LogP contribution in [0.2, 0.25) is 0 Å². The van der Waals surface area contributed by atoms with E-state index in [2.05, 4.69) is 0 Å². The summed E-state index contributed by atoms with van der Waals surface area (Å²) in [4.78, 5) is 26.7. The highest BCUT2D eigenvalue weighted by molar-refractivity contribution is 5.80. The second kappa shape index (κ2) is 5.04. The maximum absolute atomic E-state index is 11.9. The molecule has 1 amide bonds. The first kappa shape index (κ1) is 12.4. The van der Waals surface area contributed by atoms with Crippen molar-refractivity contribution in [2.24, 2.45) is 5.92 Å². The molecule has 0 radical (unpaired) electrons. The zero-order valence-corrected chi connectivity index (χ0v) is 10.3. The molecule has 17 heavy (non-hydrogen) atoms. The molecule has 2 rings (SSSR count). The Bertz CT molecular complexity index is 315. The summed E-state index contributed by atoms with van der Waals surface area (Å²) in [5.41, 5.74) is 0. The third-order valence-electron chi connectivity index (χ3n) is 3.84. The average molecular weight is 240 g/mol. The highest BCUT2D eigenvalue weighted by Crippen LogP contribution is 2.23. The molecule has 2 heterocycles. The zero-order chi connectivity index (χ0) is 12.4. The van der Waals surface area contributed by atoms with Crippen LogP contribution in [0.4, 0.5) is 0 Å². The number of aliphatic carboxylic acids is 1. The SMILES string of the molecule is CC1CCCN(CC(=O)N2CCC2)C1C(=O)O. The molecule has 96 valence electrons. The number of carboxylic acids is 1. The van der Waals surface area contributed by atoms with E-state index in [1.54, 1.807) is 4.90 Å². The minimum absolute atomic E-state index is 0.0802. The van der Waals surface area contributed by atoms with Crippen LogP contribution < -0.4 is 0 Å². The average Bonchev–Trinajstić information content (AvgIpc) is 2.13. The van der Waals surface area contributed by atoms with E-state index in [9.17, 15) is 14.7 Å². The number of nitrogens with zero attached hydrogens (tertiary/aromatic N) is 2. The molecule has 2 aliphatic rings. The van der Waals surface area contributed by atoms with Crippen LogP contribution in [0.1, 0.15) is 26.2 Å². The maximum Gasteiger partial charge on any atom is 0.321 e. The lowest BCUT2D eigenvalue weighted by atomic mass is 9.91. The van der Waals surface area contributed by atoms with Crippen molar-refractivity contribution in [2.75, 3.05) is 26.2 Å². The van der Waals surface area contributed by atoms with E-state index in [0.717, 1.165) is 38.9 Å².